The lowest BCUT2D eigenvalue weighted by Gasteiger charge is -2.11. The Morgan fingerprint density at radius 2 is 2.00 bits per heavy atom. The zero-order chi connectivity index (χ0) is 13.1. The minimum atomic E-state index is -4.52. The van der Waals surface area contributed by atoms with Gasteiger partial charge in [-0.25, -0.2) is 9.97 Å². The maximum absolute atomic E-state index is 12.6. The zero-order valence-electron chi connectivity index (χ0n) is 9.80. The Balaban J connectivity index is 3.09. The first-order valence-electron chi connectivity index (χ1n) is 5.19. The van der Waals surface area contributed by atoms with Crippen molar-refractivity contribution in [2.75, 3.05) is 11.9 Å². The van der Waals surface area contributed by atoms with Crippen LogP contribution in [0.1, 0.15) is 26.6 Å². The summed E-state index contributed by atoms with van der Waals surface area (Å²) in [6.07, 6.45) is -4.52. The lowest BCUT2D eigenvalue weighted by Crippen LogP contribution is -2.14. The second kappa shape index (κ2) is 5.57. The predicted molar refractivity (Wildman–Crippen MR) is 62.2 cm³/mol. The molecule has 96 valence electrons. The maximum Gasteiger partial charge on any atom is 0.451 e. The molecule has 1 rings (SSSR count). The van der Waals surface area contributed by atoms with E-state index in [4.69, 9.17) is 0 Å². The van der Waals surface area contributed by atoms with Gasteiger partial charge in [-0.15, -0.1) is 11.8 Å². The molecule has 17 heavy (non-hydrogen) atoms. The molecule has 0 bridgehead atoms. The van der Waals surface area contributed by atoms with Gasteiger partial charge in [-0.05, 0) is 6.92 Å². The van der Waals surface area contributed by atoms with Gasteiger partial charge in [0.25, 0.3) is 0 Å². The highest BCUT2D eigenvalue weighted by Crippen LogP contribution is 2.30. The molecule has 0 unspecified atom stereocenters. The Bertz CT molecular complexity index is 380. The minimum absolute atomic E-state index is 0.167. The monoisotopic (exact) mass is 265 g/mol. The minimum Gasteiger partial charge on any atom is -0.370 e. The largest absolute Gasteiger partial charge is 0.451 e. The summed E-state index contributed by atoms with van der Waals surface area (Å²) < 4.78 is 37.7. The van der Waals surface area contributed by atoms with E-state index in [2.05, 4.69) is 15.3 Å². The summed E-state index contributed by atoms with van der Waals surface area (Å²) in [5, 5.41) is 3.27. The van der Waals surface area contributed by atoms with Gasteiger partial charge in [0.05, 0.1) is 0 Å². The predicted octanol–water partition coefficient (Wildman–Crippen LogP) is 3.43. The van der Waals surface area contributed by atoms with Crippen LogP contribution >= 0.6 is 11.8 Å². The Hall–Kier alpha value is -0.980. The number of rotatable bonds is 4. The third-order valence-corrected chi connectivity index (χ3v) is 2.59. The summed E-state index contributed by atoms with van der Waals surface area (Å²) in [6, 6.07) is 1.53. The van der Waals surface area contributed by atoms with Crippen LogP contribution < -0.4 is 5.32 Å². The van der Waals surface area contributed by atoms with Crippen molar-refractivity contribution in [2.24, 2.45) is 0 Å². The van der Waals surface area contributed by atoms with Crippen molar-refractivity contribution in [3.05, 3.63) is 11.9 Å². The number of nitrogens with one attached hydrogen (secondary N) is 1. The average Bonchev–Trinajstić information content (AvgIpc) is 2.15. The van der Waals surface area contributed by atoms with Crippen LogP contribution in [0.25, 0.3) is 0 Å². The highest BCUT2D eigenvalue weighted by molar-refractivity contribution is 7.99. The normalized spacial score (nSPS) is 11.9. The van der Waals surface area contributed by atoms with Crippen LogP contribution in [0.4, 0.5) is 19.0 Å². The van der Waals surface area contributed by atoms with Gasteiger partial charge >= 0.3 is 6.18 Å². The summed E-state index contributed by atoms with van der Waals surface area (Å²) in [4.78, 5) is 6.96. The molecule has 0 aliphatic carbocycles. The Kier molecular flexibility index (Phi) is 4.62. The van der Waals surface area contributed by atoms with Crippen molar-refractivity contribution in [3.63, 3.8) is 0 Å². The molecule has 0 aliphatic heterocycles. The number of anilines is 1. The van der Waals surface area contributed by atoms with E-state index in [1.165, 1.54) is 17.8 Å². The Morgan fingerprint density at radius 3 is 2.47 bits per heavy atom. The summed E-state index contributed by atoms with van der Waals surface area (Å²) in [5.41, 5.74) is 0. The van der Waals surface area contributed by atoms with Crippen molar-refractivity contribution in [3.8, 4) is 0 Å². The topological polar surface area (TPSA) is 37.8 Å². The van der Waals surface area contributed by atoms with Crippen LogP contribution in [0.5, 0.6) is 0 Å². The van der Waals surface area contributed by atoms with Crippen molar-refractivity contribution in [2.45, 2.75) is 37.2 Å². The molecule has 1 heterocycles. The summed E-state index contributed by atoms with van der Waals surface area (Å²) >= 11 is 1.28. The van der Waals surface area contributed by atoms with Gasteiger partial charge in [-0.3, -0.25) is 0 Å². The van der Waals surface area contributed by atoms with Crippen molar-refractivity contribution in [1.82, 2.24) is 9.97 Å². The first kappa shape index (κ1) is 14.1. The van der Waals surface area contributed by atoms with Crippen LogP contribution in [0.15, 0.2) is 11.1 Å². The van der Waals surface area contributed by atoms with E-state index in [0.29, 0.717) is 11.6 Å². The van der Waals surface area contributed by atoms with E-state index in [1.807, 2.05) is 13.8 Å². The lowest BCUT2D eigenvalue weighted by molar-refractivity contribution is -0.145. The van der Waals surface area contributed by atoms with Crippen molar-refractivity contribution < 1.29 is 13.2 Å². The summed E-state index contributed by atoms with van der Waals surface area (Å²) in [5.74, 6) is -0.892. The quantitative estimate of drug-likeness (QED) is 0.668. The van der Waals surface area contributed by atoms with Crippen LogP contribution in [0, 0.1) is 0 Å². The lowest BCUT2D eigenvalue weighted by atomic mass is 10.5. The first-order valence-corrected chi connectivity index (χ1v) is 6.07. The van der Waals surface area contributed by atoms with Gasteiger partial charge < -0.3 is 5.32 Å². The Labute approximate surface area is 102 Å². The molecule has 0 spiro atoms. The van der Waals surface area contributed by atoms with Gasteiger partial charge in [0.2, 0.25) is 5.82 Å². The van der Waals surface area contributed by atoms with Gasteiger partial charge in [0.1, 0.15) is 10.8 Å². The van der Waals surface area contributed by atoms with Gasteiger partial charge in [-0.1, -0.05) is 13.8 Å². The molecule has 1 aromatic heterocycles. The molecule has 0 radical (unpaired) electrons. The standard InChI is InChI=1S/C10H14F3N3S/c1-4-14-7-5-8(17-6(2)3)16-9(15-7)10(11,12)13/h5-6H,4H2,1-3H3,(H,14,15,16). The number of thioether (sulfide) groups is 1. The number of hydrogen-bond donors (Lipinski definition) is 1. The molecule has 0 fully saturated rings. The van der Waals surface area contributed by atoms with Crippen LogP contribution in [-0.2, 0) is 6.18 Å². The summed E-state index contributed by atoms with van der Waals surface area (Å²) in [7, 11) is 0. The number of hydrogen-bond acceptors (Lipinski definition) is 4. The second-order valence-corrected chi connectivity index (χ2v) is 5.21. The van der Waals surface area contributed by atoms with E-state index in [9.17, 15) is 13.2 Å². The van der Waals surface area contributed by atoms with Crippen LogP contribution in [-0.4, -0.2) is 21.8 Å². The number of halogens is 3. The zero-order valence-corrected chi connectivity index (χ0v) is 10.6. The van der Waals surface area contributed by atoms with Crippen LogP contribution in [0.3, 0.4) is 0 Å². The van der Waals surface area contributed by atoms with E-state index in [1.54, 1.807) is 6.92 Å². The Morgan fingerprint density at radius 1 is 1.35 bits per heavy atom. The van der Waals surface area contributed by atoms with Crippen molar-refractivity contribution >= 4 is 17.6 Å². The smallest absolute Gasteiger partial charge is 0.370 e. The number of aromatic nitrogens is 2. The van der Waals surface area contributed by atoms with Gasteiger partial charge in [0.15, 0.2) is 0 Å². The van der Waals surface area contributed by atoms with E-state index in [0.717, 1.165) is 0 Å². The van der Waals surface area contributed by atoms with Crippen LogP contribution in [0.2, 0.25) is 0 Å². The van der Waals surface area contributed by atoms with Crippen molar-refractivity contribution in [1.29, 1.82) is 0 Å². The second-order valence-electron chi connectivity index (χ2n) is 3.61. The molecule has 0 saturated heterocycles. The number of nitrogens with zero attached hydrogens (tertiary/aromatic N) is 2. The molecule has 0 atom stereocenters. The van der Waals surface area contributed by atoms with Gasteiger partial charge in [0, 0.05) is 17.9 Å². The van der Waals surface area contributed by atoms with E-state index < -0.39 is 12.0 Å². The van der Waals surface area contributed by atoms with E-state index in [-0.39, 0.29) is 11.1 Å². The molecule has 7 heteroatoms. The molecular formula is C10H14F3N3S. The first-order chi connectivity index (χ1) is 7.82. The fourth-order valence-electron chi connectivity index (χ4n) is 1.13. The molecule has 0 amide bonds. The molecular weight excluding hydrogens is 251 g/mol. The third-order valence-electron chi connectivity index (χ3n) is 1.67. The summed E-state index contributed by atoms with van der Waals surface area (Å²) in [6.45, 7) is 6.10. The molecule has 0 aliphatic rings. The van der Waals surface area contributed by atoms with E-state index >= 15 is 0 Å². The highest BCUT2D eigenvalue weighted by Gasteiger charge is 2.35. The molecule has 1 aromatic rings. The fraction of sp³-hybridized carbons (Fsp3) is 0.600. The van der Waals surface area contributed by atoms with Gasteiger partial charge in [-0.2, -0.15) is 13.2 Å². The molecule has 3 nitrogen and oxygen atoms in total. The third kappa shape index (κ3) is 4.41. The SMILES string of the molecule is CCNc1cc(SC(C)C)nc(C(F)(F)F)n1. The number of alkyl halides is 3. The highest BCUT2D eigenvalue weighted by atomic mass is 32.2. The molecule has 0 saturated carbocycles. The fourth-order valence-corrected chi connectivity index (χ4v) is 1.93. The average molecular weight is 265 g/mol. The molecule has 1 N–H and O–H groups in total. The molecule has 0 aromatic carbocycles. The maximum atomic E-state index is 12.6.